The number of anilines is 2. The summed E-state index contributed by atoms with van der Waals surface area (Å²) in [6.45, 7) is 8.02. The van der Waals surface area contributed by atoms with Gasteiger partial charge in [0.1, 0.15) is 18.0 Å². The predicted molar refractivity (Wildman–Crippen MR) is 76.6 cm³/mol. The van der Waals surface area contributed by atoms with E-state index in [2.05, 4.69) is 19.8 Å². The molecule has 0 amide bonds. The van der Waals surface area contributed by atoms with E-state index in [1.54, 1.807) is 6.33 Å². The van der Waals surface area contributed by atoms with Gasteiger partial charge in [-0.2, -0.15) is 0 Å². The number of nitrogens with zero attached hydrogens (tertiary/aromatic N) is 4. The Kier molecular flexibility index (Phi) is 4.21. The molecule has 0 spiro atoms. The van der Waals surface area contributed by atoms with Crippen molar-refractivity contribution < 1.29 is 4.74 Å². The van der Waals surface area contributed by atoms with E-state index < -0.39 is 0 Å². The van der Waals surface area contributed by atoms with Gasteiger partial charge in [0.25, 0.3) is 0 Å². The lowest BCUT2D eigenvalue weighted by atomic mass is 10.1. The van der Waals surface area contributed by atoms with Crippen molar-refractivity contribution >= 4 is 11.6 Å². The molecule has 0 radical (unpaired) electrons. The van der Waals surface area contributed by atoms with Crippen LogP contribution in [-0.2, 0) is 4.74 Å². The molecule has 0 bridgehead atoms. The van der Waals surface area contributed by atoms with E-state index >= 15 is 0 Å². The van der Waals surface area contributed by atoms with Crippen LogP contribution >= 0.6 is 0 Å². The summed E-state index contributed by atoms with van der Waals surface area (Å²) in [6, 6.07) is 2.01. The van der Waals surface area contributed by atoms with Crippen molar-refractivity contribution in [1.82, 2.24) is 9.97 Å². The first-order chi connectivity index (χ1) is 8.96. The summed E-state index contributed by atoms with van der Waals surface area (Å²) in [5, 5.41) is 0. The SMILES string of the molecule is CN(CC(C)(C)N)c1cc(N2CCOCC2)ncn1. The van der Waals surface area contributed by atoms with Crippen LogP contribution in [0.15, 0.2) is 12.4 Å². The number of rotatable bonds is 4. The predicted octanol–water partition coefficient (Wildman–Crippen LogP) is 0.487. The fourth-order valence-corrected chi connectivity index (χ4v) is 2.20. The lowest BCUT2D eigenvalue weighted by Crippen LogP contribution is -2.44. The Morgan fingerprint density at radius 2 is 2.05 bits per heavy atom. The normalized spacial score (nSPS) is 16.5. The molecule has 1 saturated heterocycles. The number of hydrogen-bond acceptors (Lipinski definition) is 6. The van der Waals surface area contributed by atoms with Crippen LogP contribution in [0, 0.1) is 0 Å². The zero-order chi connectivity index (χ0) is 13.9. The second-order valence-electron chi connectivity index (χ2n) is 5.68. The maximum atomic E-state index is 6.04. The molecule has 6 heteroatoms. The Morgan fingerprint density at radius 1 is 1.37 bits per heavy atom. The first-order valence-corrected chi connectivity index (χ1v) is 6.60. The van der Waals surface area contributed by atoms with E-state index in [9.17, 15) is 0 Å². The molecule has 6 nitrogen and oxygen atoms in total. The van der Waals surface area contributed by atoms with Gasteiger partial charge in [0, 0.05) is 38.3 Å². The lowest BCUT2D eigenvalue weighted by molar-refractivity contribution is 0.122. The van der Waals surface area contributed by atoms with Crippen LogP contribution in [0.25, 0.3) is 0 Å². The minimum Gasteiger partial charge on any atom is -0.378 e. The molecule has 1 aliphatic rings. The van der Waals surface area contributed by atoms with E-state index in [1.165, 1.54) is 0 Å². The van der Waals surface area contributed by atoms with Gasteiger partial charge < -0.3 is 20.3 Å². The smallest absolute Gasteiger partial charge is 0.134 e. The Balaban J connectivity index is 2.09. The molecule has 1 fully saturated rings. The Hall–Kier alpha value is -1.40. The third-order valence-corrected chi connectivity index (χ3v) is 3.01. The van der Waals surface area contributed by atoms with Gasteiger partial charge in [0.15, 0.2) is 0 Å². The van der Waals surface area contributed by atoms with E-state index in [-0.39, 0.29) is 5.54 Å². The molecule has 2 N–H and O–H groups in total. The van der Waals surface area contributed by atoms with Crippen LogP contribution in [0.1, 0.15) is 13.8 Å². The van der Waals surface area contributed by atoms with Gasteiger partial charge in [-0.25, -0.2) is 9.97 Å². The highest BCUT2D eigenvalue weighted by Gasteiger charge is 2.17. The molecular weight excluding hydrogens is 242 g/mol. The maximum absolute atomic E-state index is 6.04. The quantitative estimate of drug-likeness (QED) is 0.854. The van der Waals surface area contributed by atoms with Gasteiger partial charge in [-0.05, 0) is 13.8 Å². The third kappa shape index (κ3) is 4.04. The number of ether oxygens (including phenoxy) is 1. The molecule has 2 heterocycles. The molecule has 106 valence electrons. The summed E-state index contributed by atoms with van der Waals surface area (Å²) in [4.78, 5) is 12.9. The van der Waals surface area contributed by atoms with Gasteiger partial charge in [0.05, 0.1) is 13.2 Å². The summed E-state index contributed by atoms with van der Waals surface area (Å²) in [5.74, 6) is 1.85. The second kappa shape index (κ2) is 5.71. The molecule has 2 rings (SSSR count). The lowest BCUT2D eigenvalue weighted by Gasteiger charge is -2.30. The zero-order valence-corrected chi connectivity index (χ0v) is 12.0. The van der Waals surface area contributed by atoms with Crippen molar-refractivity contribution in [3.05, 3.63) is 12.4 Å². The van der Waals surface area contributed by atoms with Gasteiger partial charge in [-0.3, -0.25) is 0 Å². The average Bonchev–Trinajstić information content (AvgIpc) is 2.38. The van der Waals surface area contributed by atoms with Crippen LogP contribution in [-0.4, -0.2) is 55.4 Å². The monoisotopic (exact) mass is 265 g/mol. The van der Waals surface area contributed by atoms with Crippen molar-refractivity contribution in [1.29, 1.82) is 0 Å². The third-order valence-electron chi connectivity index (χ3n) is 3.01. The topological polar surface area (TPSA) is 67.5 Å². The van der Waals surface area contributed by atoms with Crippen LogP contribution in [0.3, 0.4) is 0 Å². The van der Waals surface area contributed by atoms with Crippen LogP contribution in [0.4, 0.5) is 11.6 Å². The average molecular weight is 265 g/mol. The van der Waals surface area contributed by atoms with Crippen molar-refractivity contribution in [3.8, 4) is 0 Å². The molecule has 0 saturated carbocycles. The fourth-order valence-electron chi connectivity index (χ4n) is 2.20. The number of aromatic nitrogens is 2. The Labute approximate surface area is 114 Å². The molecule has 1 aromatic heterocycles. The first kappa shape index (κ1) is 14.0. The van der Waals surface area contributed by atoms with Crippen LogP contribution in [0.5, 0.6) is 0 Å². The van der Waals surface area contributed by atoms with Crippen LogP contribution in [0.2, 0.25) is 0 Å². The van der Waals surface area contributed by atoms with Crippen molar-refractivity contribution in [2.45, 2.75) is 19.4 Å². The van der Waals surface area contributed by atoms with Crippen molar-refractivity contribution in [2.24, 2.45) is 5.73 Å². The summed E-state index contributed by atoms with van der Waals surface area (Å²) >= 11 is 0. The second-order valence-corrected chi connectivity index (χ2v) is 5.68. The molecule has 0 aliphatic carbocycles. The zero-order valence-electron chi connectivity index (χ0n) is 12.0. The Bertz CT molecular complexity index is 412. The molecule has 0 aromatic carbocycles. The molecule has 19 heavy (non-hydrogen) atoms. The number of hydrogen-bond donors (Lipinski definition) is 1. The van der Waals surface area contributed by atoms with E-state index in [0.29, 0.717) is 0 Å². The van der Waals surface area contributed by atoms with Gasteiger partial charge in [-0.15, -0.1) is 0 Å². The summed E-state index contributed by atoms with van der Waals surface area (Å²) in [6.07, 6.45) is 1.61. The minimum absolute atomic E-state index is 0.251. The number of nitrogens with two attached hydrogens (primary N) is 1. The standard InChI is InChI=1S/C13H23N5O/c1-13(2,14)9-17(3)11-8-12(16-10-15-11)18-4-6-19-7-5-18/h8,10H,4-7,9,14H2,1-3H3. The highest BCUT2D eigenvalue weighted by atomic mass is 16.5. The minimum atomic E-state index is -0.251. The molecule has 1 aromatic rings. The molecule has 0 atom stereocenters. The summed E-state index contributed by atoms with van der Waals surface area (Å²) in [5.41, 5.74) is 5.79. The van der Waals surface area contributed by atoms with Gasteiger partial charge in [0.2, 0.25) is 0 Å². The van der Waals surface area contributed by atoms with E-state index in [4.69, 9.17) is 10.5 Å². The largest absolute Gasteiger partial charge is 0.378 e. The van der Waals surface area contributed by atoms with Crippen molar-refractivity contribution in [2.75, 3.05) is 49.7 Å². The number of likely N-dealkylation sites (N-methyl/N-ethyl adjacent to an activating group) is 1. The molecule has 1 aliphatic heterocycles. The summed E-state index contributed by atoms with van der Waals surface area (Å²) in [7, 11) is 2.00. The maximum Gasteiger partial charge on any atom is 0.134 e. The van der Waals surface area contributed by atoms with Crippen molar-refractivity contribution in [3.63, 3.8) is 0 Å². The molecule has 0 unspecified atom stereocenters. The molecular formula is C13H23N5O. The fraction of sp³-hybridized carbons (Fsp3) is 0.692. The highest BCUT2D eigenvalue weighted by Crippen LogP contribution is 2.18. The van der Waals surface area contributed by atoms with Gasteiger partial charge >= 0.3 is 0 Å². The van der Waals surface area contributed by atoms with Crippen LogP contribution < -0.4 is 15.5 Å². The number of morpholine rings is 1. The first-order valence-electron chi connectivity index (χ1n) is 6.60. The van der Waals surface area contributed by atoms with Gasteiger partial charge in [-0.1, -0.05) is 0 Å². The highest BCUT2D eigenvalue weighted by molar-refractivity contribution is 5.50. The summed E-state index contributed by atoms with van der Waals surface area (Å²) < 4.78 is 5.35. The van der Waals surface area contributed by atoms with E-state index in [0.717, 1.165) is 44.5 Å². The van der Waals surface area contributed by atoms with E-state index in [1.807, 2.05) is 27.0 Å². The Morgan fingerprint density at radius 3 is 2.68 bits per heavy atom.